The van der Waals surface area contributed by atoms with Gasteiger partial charge in [0.25, 0.3) is 0 Å². The van der Waals surface area contributed by atoms with Crippen LogP contribution in [0, 0.1) is 0 Å². The Morgan fingerprint density at radius 1 is 0.529 bits per heavy atom. The van der Waals surface area contributed by atoms with Crippen molar-refractivity contribution in [1.29, 1.82) is 0 Å². The molecule has 0 bridgehead atoms. The molecule has 0 aromatic carbocycles. The van der Waals surface area contributed by atoms with E-state index in [1.54, 1.807) is 0 Å². The number of nitrogens with zero attached hydrogens (tertiary/aromatic N) is 1. The predicted octanol–water partition coefficient (Wildman–Crippen LogP) is 9.38. The molecule has 0 fully saturated rings. The first-order valence-electron chi connectivity index (χ1n) is 15.1. The first-order valence-corrected chi connectivity index (χ1v) is 15.1. The Morgan fingerprint density at radius 3 is 1.29 bits per heavy atom. The molecule has 3 nitrogen and oxygen atoms in total. The van der Waals surface area contributed by atoms with E-state index >= 15 is 0 Å². The van der Waals surface area contributed by atoms with Gasteiger partial charge >= 0.3 is 0 Å². The van der Waals surface area contributed by atoms with Crippen LogP contribution in [-0.2, 0) is 4.79 Å². The number of amides is 1. The average molecular weight is 549 g/mol. The number of likely N-dealkylation sites (N-methyl/N-ethyl adjacent to an activating group) is 1. The van der Waals surface area contributed by atoms with Crippen LogP contribution in [0.1, 0.15) is 155 Å². The summed E-state index contributed by atoms with van der Waals surface area (Å²) >= 11 is 0. The summed E-state index contributed by atoms with van der Waals surface area (Å²) in [4.78, 5) is 12.1. The minimum atomic E-state index is 0. The quantitative estimate of drug-likeness (QED) is 0.0847. The zero-order valence-corrected chi connectivity index (χ0v) is 25.7. The van der Waals surface area contributed by atoms with Gasteiger partial charge in [-0.1, -0.05) is 129 Å². The second-order valence-electron chi connectivity index (χ2n) is 11.2. The molecule has 206 valence electrons. The first kappa shape index (κ1) is 36.1. The summed E-state index contributed by atoms with van der Waals surface area (Å²) in [6.45, 7) is 7.65. The van der Waals surface area contributed by atoms with Gasteiger partial charge in [-0.25, -0.2) is 0 Å². The molecule has 0 spiro atoms. The van der Waals surface area contributed by atoms with E-state index in [2.05, 4.69) is 33.3 Å². The fourth-order valence-electron chi connectivity index (χ4n) is 4.68. The third-order valence-electron chi connectivity index (χ3n) is 7.16. The summed E-state index contributed by atoms with van der Waals surface area (Å²) in [5.74, 6) is 0.253. The van der Waals surface area contributed by atoms with E-state index in [9.17, 15) is 4.79 Å². The van der Waals surface area contributed by atoms with Crippen molar-refractivity contribution in [2.45, 2.75) is 155 Å². The molecule has 0 saturated carbocycles. The Labute approximate surface area is 226 Å². The van der Waals surface area contributed by atoms with Crippen LogP contribution in [0.15, 0.2) is 0 Å². The first-order chi connectivity index (χ1) is 16.0. The van der Waals surface area contributed by atoms with Crippen molar-refractivity contribution >= 4 is 22.9 Å². The summed E-state index contributed by atoms with van der Waals surface area (Å²) in [6, 6.07) is 0. The van der Waals surface area contributed by atoms with Crippen molar-refractivity contribution < 1.29 is 9.28 Å². The number of nitrogens with one attached hydrogen (secondary N) is 1. The highest BCUT2D eigenvalue weighted by Gasteiger charge is 2.14. The fourth-order valence-corrected chi connectivity index (χ4v) is 4.68. The SMILES string of the molecule is Br.CCCCCCCCCCCCCC[N+](C)(C)CCNC(=O)CCCCCCCCCCC. The third-order valence-corrected chi connectivity index (χ3v) is 7.16. The number of rotatable bonds is 26. The maximum atomic E-state index is 12.1. The number of hydrogen-bond donors (Lipinski definition) is 1. The van der Waals surface area contributed by atoms with Gasteiger partial charge in [-0.2, -0.15) is 0 Å². The topological polar surface area (TPSA) is 29.1 Å². The largest absolute Gasteiger partial charge is 0.350 e. The molecule has 1 amide bonds. The van der Waals surface area contributed by atoms with E-state index < -0.39 is 0 Å². The maximum absolute atomic E-state index is 12.1. The lowest BCUT2D eigenvalue weighted by atomic mass is 10.1. The Hall–Kier alpha value is -0.0900. The number of carbonyl (C=O) groups excluding carboxylic acids is 1. The molecule has 34 heavy (non-hydrogen) atoms. The summed E-state index contributed by atoms with van der Waals surface area (Å²) in [5, 5.41) is 3.16. The molecule has 1 N–H and O–H groups in total. The lowest BCUT2D eigenvalue weighted by Gasteiger charge is -2.30. The number of unbranched alkanes of at least 4 members (excludes halogenated alkanes) is 19. The molecule has 0 aliphatic rings. The van der Waals surface area contributed by atoms with Crippen LogP contribution in [0.2, 0.25) is 0 Å². The van der Waals surface area contributed by atoms with Gasteiger partial charge in [0, 0.05) is 6.42 Å². The van der Waals surface area contributed by atoms with Crippen molar-refractivity contribution in [3.05, 3.63) is 0 Å². The summed E-state index contributed by atoms with van der Waals surface area (Å²) in [7, 11) is 4.62. The van der Waals surface area contributed by atoms with Gasteiger partial charge in [-0.05, 0) is 19.3 Å². The maximum Gasteiger partial charge on any atom is 0.220 e. The zero-order valence-electron chi connectivity index (χ0n) is 23.9. The van der Waals surface area contributed by atoms with Crippen molar-refractivity contribution in [3.63, 3.8) is 0 Å². The molecule has 0 radical (unpaired) electrons. The molecule has 0 saturated heterocycles. The number of quaternary nitrogens is 1. The minimum Gasteiger partial charge on any atom is -0.350 e. The summed E-state index contributed by atoms with van der Waals surface area (Å²) in [5.41, 5.74) is 0. The lowest BCUT2D eigenvalue weighted by molar-refractivity contribution is -0.889. The highest BCUT2D eigenvalue weighted by atomic mass is 79.9. The van der Waals surface area contributed by atoms with Crippen LogP contribution in [0.5, 0.6) is 0 Å². The van der Waals surface area contributed by atoms with Gasteiger partial charge in [0.2, 0.25) is 5.91 Å². The van der Waals surface area contributed by atoms with Gasteiger partial charge in [0.1, 0.15) is 0 Å². The molecular weight excluding hydrogens is 484 g/mol. The fraction of sp³-hybridized carbons (Fsp3) is 0.967. The van der Waals surface area contributed by atoms with Crippen LogP contribution in [0.4, 0.5) is 0 Å². The minimum absolute atomic E-state index is 0. The molecule has 0 rings (SSSR count). The average Bonchev–Trinajstić information content (AvgIpc) is 2.78. The van der Waals surface area contributed by atoms with Gasteiger partial charge in [0.15, 0.2) is 0 Å². The van der Waals surface area contributed by atoms with E-state index in [0.29, 0.717) is 6.42 Å². The van der Waals surface area contributed by atoms with Crippen LogP contribution in [0.3, 0.4) is 0 Å². The molecule has 0 unspecified atom stereocenters. The molecule has 0 aliphatic heterocycles. The summed E-state index contributed by atoms with van der Waals surface area (Å²) < 4.78 is 1.02. The van der Waals surface area contributed by atoms with Crippen molar-refractivity contribution in [3.8, 4) is 0 Å². The van der Waals surface area contributed by atoms with E-state index in [0.717, 1.165) is 24.0 Å². The standard InChI is InChI=1S/C30H62N2O.BrH/c1-5-7-9-11-13-15-16-17-19-21-23-25-28-32(3,4)29-27-31-30(33)26-24-22-20-18-14-12-10-8-6-2;/h5-29H2,1-4H3;1H/p+1. The molecule has 0 atom stereocenters. The van der Waals surface area contributed by atoms with Crippen LogP contribution in [0.25, 0.3) is 0 Å². The van der Waals surface area contributed by atoms with Gasteiger partial charge in [0.05, 0.1) is 33.7 Å². The Kier molecular flexibility index (Phi) is 29.2. The monoisotopic (exact) mass is 547 g/mol. The second kappa shape index (κ2) is 27.5. The van der Waals surface area contributed by atoms with Crippen LogP contribution >= 0.6 is 17.0 Å². The lowest BCUT2D eigenvalue weighted by Crippen LogP contribution is -2.45. The van der Waals surface area contributed by atoms with Gasteiger partial charge in [-0.15, -0.1) is 17.0 Å². The Bertz CT molecular complexity index is 415. The van der Waals surface area contributed by atoms with E-state index in [1.807, 2.05) is 0 Å². The highest BCUT2D eigenvalue weighted by Crippen LogP contribution is 2.13. The molecule has 0 aliphatic carbocycles. The zero-order chi connectivity index (χ0) is 24.5. The highest BCUT2D eigenvalue weighted by molar-refractivity contribution is 8.93. The van der Waals surface area contributed by atoms with Crippen molar-refractivity contribution in [1.82, 2.24) is 5.32 Å². The Morgan fingerprint density at radius 2 is 0.882 bits per heavy atom. The van der Waals surface area contributed by atoms with E-state index in [1.165, 1.54) is 135 Å². The number of carbonyl (C=O) groups is 1. The molecular formula is C30H64BrN2O+. The van der Waals surface area contributed by atoms with Gasteiger partial charge < -0.3 is 9.80 Å². The van der Waals surface area contributed by atoms with E-state index in [-0.39, 0.29) is 22.9 Å². The smallest absolute Gasteiger partial charge is 0.220 e. The van der Waals surface area contributed by atoms with E-state index in [4.69, 9.17) is 0 Å². The molecule has 4 heteroatoms. The normalized spacial score (nSPS) is 11.4. The Balaban J connectivity index is 0. The summed E-state index contributed by atoms with van der Waals surface area (Å²) in [6.07, 6.45) is 29.4. The third kappa shape index (κ3) is 28.1. The van der Waals surface area contributed by atoms with Gasteiger partial charge in [-0.3, -0.25) is 4.79 Å². The molecule has 0 aromatic heterocycles. The number of halogens is 1. The molecule has 0 aromatic rings. The second-order valence-corrected chi connectivity index (χ2v) is 11.2. The number of hydrogen-bond acceptors (Lipinski definition) is 1. The molecule has 0 heterocycles. The van der Waals surface area contributed by atoms with Crippen molar-refractivity contribution in [2.24, 2.45) is 0 Å². The predicted molar refractivity (Wildman–Crippen MR) is 158 cm³/mol. The van der Waals surface area contributed by atoms with Crippen LogP contribution in [-0.4, -0.2) is 44.1 Å². The van der Waals surface area contributed by atoms with Crippen LogP contribution < -0.4 is 5.32 Å². The van der Waals surface area contributed by atoms with Crippen molar-refractivity contribution in [2.75, 3.05) is 33.7 Å².